The molecule has 0 aliphatic carbocycles. The van der Waals surface area contributed by atoms with E-state index in [9.17, 15) is 4.79 Å². The molecule has 0 radical (unpaired) electrons. The molecule has 0 amide bonds. The SMILES string of the molecule is CC(=O)c1c(/C=C/c2ccc(Cl)cc2)nc2ccccc2c1-c1ccccc1. The van der Waals surface area contributed by atoms with Gasteiger partial charge < -0.3 is 0 Å². The second-order valence-electron chi connectivity index (χ2n) is 6.57. The van der Waals surface area contributed by atoms with E-state index in [0.717, 1.165) is 27.6 Å². The number of benzene rings is 3. The van der Waals surface area contributed by atoms with Crippen molar-refractivity contribution in [1.29, 1.82) is 0 Å². The molecular weight excluding hydrogens is 366 g/mol. The second kappa shape index (κ2) is 7.79. The average Bonchev–Trinajstić information content (AvgIpc) is 2.72. The minimum Gasteiger partial charge on any atom is -0.294 e. The third-order valence-electron chi connectivity index (χ3n) is 4.64. The molecule has 0 fully saturated rings. The van der Waals surface area contributed by atoms with Crippen LogP contribution in [-0.4, -0.2) is 10.8 Å². The largest absolute Gasteiger partial charge is 0.294 e. The molecule has 0 spiro atoms. The van der Waals surface area contributed by atoms with Gasteiger partial charge in [-0.1, -0.05) is 78.3 Å². The molecule has 0 aliphatic rings. The van der Waals surface area contributed by atoms with Crippen LogP contribution in [0.25, 0.3) is 34.2 Å². The van der Waals surface area contributed by atoms with E-state index in [0.29, 0.717) is 16.3 Å². The lowest BCUT2D eigenvalue weighted by atomic mass is 9.92. The highest BCUT2D eigenvalue weighted by Gasteiger charge is 2.18. The topological polar surface area (TPSA) is 30.0 Å². The highest BCUT2D eigenvalue weighted by Crippen LogP contribution is 2.34. The van der Waals surface area contributed by atoms with Gasteiger partial charge in [0.25, 0.3) is 0 Å². The van der Waals surface area contributed by atoms with E-state index in [2.05, 4.69) is 0 Å². The van der Waals surface area contributed by atoms with Crippen LogP contribution < -0.4 is 0 Å². The molecule has 0 saturated heterocycles. The van der Waals surface area contributed by atoms with Crippen molar-refractivity contribution >= 4 is 40.4 Å². The van der Waals surface area contributed by atoms with Crippen LogP contribution in [0.15, 0.2) is 78.9 Å². The first kappa shape index (κ1) is 18.1. The number of aromatic nitrogens is 1. The number of hydrogen-bond donors (Lipinski definition) is 0. The molecule has 1 heterocycles. The number of rotatable bonds is 4. The lowest BCUT2D eigenvalue weighted by molar-refractivity contribution is 0.101. The molecule has 2 nitrogen and oxygen atoms in total. The molecular formula is C25H18ClNO. The van der Waals surface area contributed by atoms with Gasteiger partial charge in [-0.3, -0.25) is 4.79 Å². The third-order valence-corrected chi connectivity index (χ3v) is 4.89. The molecule has 3 aromatic carbocycles. The first-order chi connectivity index (χ1) is 13.6. The summed E-state index contributed by atoms with van der Waals surface area (Å²) in [5.74, 6) is -0.00661. The number of ketones is 1. The molecule has 136 valence electrons. The maximum absolute atomic E-state index is 12.7. The maximum Gasteiger partial charge on any atom is 0.162 e. The standard InChI is InChI=1S/C25H18ClNO/c1-17(28)24-23(16-13-18-11-14-20(26)15-12-18)27-22-10-6-5-9-21(22)25(24)19-7-3-2-4-8-19/h2-16H,1H3/b16-13+. The molecule has 28 heavy (non-hydrogen) atoms. The first-order valence-corrected chi connectivity index (χ1v) is 9.44. The van der Waals surface area contributed by atoms with E-state index in [4.69, 9.17) is 16.6 Å². The van der Waals surface area contributed by atoms with Crippen molar-refractivity contribution in [3.05, 3.63) is 101 Å². The molecule has 0 unspecified atom stereocenters. The second-order valence-corrected chi connectivity index (χ2v) is 7.01. The van der Waals surface area contributed by atoms with Gasteiger partial charge in [0.05, 0.1) is 16.8 Å². The molecule has 3 heteroatoms. The molecule has 0 saturated carbocycles. The first-order valence-electron chi connectivity index (χ1n) is 9.06. The van der Waals surface area contributed by atoms with E-state index in [1.165, 1.54) is 0 Å². The van der Waals surface area contributed by atoms with Gasteiger partial charge >= 0.3 is 0 Å². The Bertz CT molecular complexity index is 1180. The molecule has 4 rings (SSSR count). The maximum atomic E-state index is 12.7. The van der Waals surface area contributed by atoms with Crippen molar-refractivity contribution in [2.24, 2.45) is 0 Å². The van der Waals surface area contributed by atoms with Crippen LogP contribution in [-0.2, 0) is 0 Å². The zero-order chi connectivity index (χ0) is 19.5. The van der Waals surface area contributed by atoms with Crippen LogP contribution in [0.1, 0.15) is 28.5 Å². The number of hydrogen-bond acceptors (Lipinski definition) is 2. The summed E-state index contributed by atoms with van der Waals surface area (Å²) < 4.78 is 0. The Hall–Kier alpha value is -3.23. The van der Waals surface area contributed by atoms with Gasteiger partial charge in [0.2, 0.25) is 0 Å². The van der Waals surface area contributed by atoms with Crippen molar-refractivity contribution < 1.29 is 4.79 Å². The van der Waals surface area contributed by atoms with Crippen LogP contribution in [0.2, 0.25) is 5.02 Å². The van der Waals surface area contributed by atoms with Crippen molar-refractivity contribution in [2.75, 3.05) is 0 Å². The van der Waals surface area contributed by atoms with E-state index in [-0.39, 0.29) is 5.78 Å². The lowest BCUT2D eigenvalue weighted by Crippen LogP contribution is -2.04. The van der Waals surface area contributed by atoms with Gasteiger partial charge in [0, 0.05) is 16.0 Å². The number of pyridine rings is 1. The molecule has 1 aromatic heterocycles. The predicted octanol–water partition coefficient (Wildman–Crippen LogP) is 6.93. The zero-order valence-electron chi connectivity index (χ0n) is 15.4. The minimum atomic E-state index is -0.00661. The van der Waals surface area contributed by atoms with Crippen molar-refractivity contribution in [3.63, 3.8) is 0 Å². The van der Waals surface area contributed by atoms with Crippen molar-refractivity contribution in [1.82, 2.24) is 4.98 Å². The summed E-state index contributed by atoms with van der Waals surface area (Å²) in [6.07, 6.45) is 3.85. The number of para-hydroxylation sites is 1. The van der Waals surface area contributed by atoms with Crippen LogP contribution >= 0.6 is 11.6 Å². The van der Waals surface area contributed by atoms with Gasteiger partial charge in [-0.15, -0.1) is 0 Å². The fourth-order valence-electron chi connectivity index (χ4n) is 3.36. The summed E-state index contributed by atoms with van der Waals surface area (Å²) in [6.45, 7) is 1.60. The number of fused-ring (bicyclic) bond motifs is 1. The van der Waals surface area contributed by atoms with Gasteiger partial charge in [0.15, 0.2) is 5.78 Å². The fourth-order valence-corrected chi connectivity index (χ4v) is 3.49. The van der Waals surface area contributed by atoms with E-state index in [1.54, 1.807) is 6.92 Å². The lowest BCUT2D eigenvalue weighted by Gasteiger charge is -2.14. The van der Waals surface area contributed by atoms with E-state index >= 15 is 0 Å². The predicted molar refractivity (Wildman–Crippen MR) is 118 cm³/mol. The summed E-state index contributed by atoms with van der Waals surface area (Å²) in [7, 11) is 0. The monoisotopic (exact) mass is 383 g/mol. The van der Waals surface area contributed by atoms with Crippen LogP contribution in [0.4, 0.5) is 0 Å². The summed E-state index contributed by atoms with van der Waals surface area (Å²) >= 11 is 5.97. The minimum absolute atomic E-state index is 0.00661. The number of Topliss-reactive ketones (excluding diaryl/α,β-unsaturated/α-hetero) is 1. The molecule has 0 bridgehead atoms. The fraction of sp³-hybridized carbons (Fsp3) is 0.0400. The summed E-state index contributed by atoms with van der Waals surface area (Å²) in [6, 6.07) is 25.5. The molecule has 0 aliphatic heterocycles. The van der Waals surface area contributed by atoms with Crippen molar-refractivity contribution in [3.8, 4) is 11.1 Å². The smallest absolute Gasteiger partial charge is 0.162 e. The van der Waals surface area contributed by atoms with E-state index in [1.807, 2.05) is 91.0 Å². The highest BCUT2D eigenvalue weighted by molar-refractivity contribution is 6.30. The highest BCUT2D eigenvalue weighted by atomic mass is 35.5. The summed E-state index contributed by atoms with van der Waals surface area (Å²) in [5, 5.41) is 1.67. The molecule has 4 aromatic rings. The Morgan fingerprint density at radius 2 is 1.54 bits per heavy atom. The van der Waals surface area contributed by atoms with E-state index < -0.39 is 0 Å². The Labute approximate surface area is 169 Å². The Morgan fingerprint density at radius 3 is 2.25 bits per heavy atom. The molecule has 0 atom stereocenters. The van der Waals surface area contributed by atoms with Gasteiger partial charge in [-0.05, 0) is 42.3 Å². The van der Waals surface area contributed by atoms with Crippen LogP contribution in [0.3, 0.4) is 0 Å². The Morgan fingerprint density at radius 1 is 0.857 bits per heavy atom. The number of halogens is 1. The Kier molecular flexibility index (Phi) is 5.05. The zero-order valence-corrected chi connectivity index (χ0v) is 16.1. The Balaban J connectivity index is 1.97. The third kappa shape index (κ3) is 3.60. The number of nitrogens with zero attached hydrogens (tertiary/aromatic N) is 1. The summed E-state index contributed by atoms with van der Waals surface area (Å²) in [4.78, 5) is 17.5. The number of carbonyl (C=O) groups excluding carboxylic acids is 1. The average molecular weight is 384 g/mol. The van der Waals surface area contributed by atoms with Crippen LogP contribution in [0, 0.1) is 0 Å². The van der Waals surface area contributed by atoms with Crippen LogP contribution in [0.5, 0.6) is 0 Å². The van der Waals surface area contributed by atoms with Gasteiger partial charge in [-0.25, -0.2) is 4.98 Å². The van der Waals surface area contributed by atoms with Crippen molar-refractivity contribution in [2.45, 2.75) is 6.92 Å². The molecule has 0 N–H and O–H groups in total. The summed E-state index contributed by atoms with van der Waals surface area (Å²) in [5.41, 5.74) is 5.09. The van der Waals surface area contributed by atoms with Gasteiger partial charge in [-0.2, -0.15) is 0 Å². The van der Waals surface area contributed by atoms with Gasteiger partial charge in [0.1, 0.15) is 0 Å². The quantitative estimate of drug-likeness (QED) is 0.357. The number of carbonyl (C=O) groups is 1. The normalized spacial score (nSPS) is 11.2.